The molecule has 7 heteroatoms. The van der Waals surface area contributed by atoms with Crippen LogP contribution in [0.3, 0.4) is 0 Å². The van der Waals surface area contributed by atoms with Gasteiger partial charge in [-0.15, -0.1) is 41.8 Å². The standard InChI is InChI=1S/C9H18N4.BrH.2ClH/c10-4-1-3-9-12-6-8-13(9)7-2-5-11;;;/h6,8H,1-5,7,10-11H2;3*1H. The first-order valence-corrected chi connectivity index (χ1v) is 4.78. The Morgan fingerprint density at radius 3 is 2.31 bits per heavy atom. The minimum Gasteiger partial charge on any atom is -0.335 e. The van der Waals surface area contributed by atoms with Gasteiger partial charge in [-0.2, -0.15) is 0 Å². The average Bonchev–Trinajstić information content (AvgIpc) is 2.59. The van der Waals surface area contributed by atoms with Crippen LogP contribution in [-0.4, -0.2) is 22.6 Å². The minimum atomic E-state index is 0. The van der Waals surface area contributed by atoms with Crippen molar-refractivity contribution < 1.29 is 0 Å². The summed E-state index contributed by atoms with van der Waals surface area (Å²) in [5.41, 5.74) is 10.9. The summed E-state index contributed by atoms with van der Waals surface area (Å²) in [5.74, 6) is 1.12. The maximum atomic E-state index is 5.44. The highest BCUT2D eigenvalue weighted by Gasteiger charge is 2.00. The minimum absolute atomic E-state index is 0. The molecule has 0 saturated carbocycles. The van der Waals surface area contributed by atoms with E-state index in [9.17, 15) is 0 Å². The lowest BCUT2D eigenvalue weighted by molar-refractivity contribution is 0.607. The van der Waals surface area contributed by atoms with Gasteiger partial charge in [0.2, 0.25) is 0 Å². The number of hydrogen-bond acceptors (Lipinski definition) is 3. The summed E-state index contributed by atoms with van der Waals surface area (Å²) in [6.07, 6.45) is 6.81. The molecule has 0 radical (unpaired) electrons. The van der Waals surface area contributed by atoms with Gasteiger partial charge in [-0.05, 0) is 25.9 Å². The predicted octanol–water partition coefficient (Wildman–Crippen LogP) is 1.54. The molecule has 0 aromatic carbocycles. The summed E-state index contributed by atoms with van der Waals surface area (Å²) >= 11 is 0. The Balaban J connectivity index is -0.000000563. The normalized spacial score (nSPS) is 8.62. The molecule has 0 saturated heterocycles. The molecule has 1 aromatic heterocycles. The van der Waals surface area contributed by atoms with Gasteiger partial charge in [0.05, 0.1) is 0 Å². The molecule has 1 rings (SSSR count). The first-order chi connectivity index (χ1) is 6.38. The van der Waals surface area contributed by atoms with Gasteiger partial charge >= 0.3 is 0 Å². The summed E-state index contributed by atoms with van der Waals surface area (Å²) in [5, 5.41) is 0. The number of aromatic nitrogens is 2. The van der Waals surface area contributed by atoms with Crippen LogP contribution < -0.4 is 11.5 Å². The number of hydrogen-bond donors (Lipinski definition) is 2. The number of imidazole rings is 1. The number of nitrogens with zero attached hydrogens (tertiary/aromatic N) is 2. The topological polar surface area (TPSA) is 69.9 Å². The molecule has 1 heterocycles. The average molecular weight is 336 g/mol. The van der Waals surface area contributed by atoms with Crippen molar-refractivity contribution in [2.45, 2.75) is 25.8 Å². The van der Waals surface area contributed by atoms with Gasteiger partial charge in [0.25, 0.3) is 0 Å². The van der Waals surface area contributed by atoms with E-state index in [2.05, 4.69) is 9.55 Å². The van der Waals surface area contributed by atoms with Crippen LogP contribution in [-0.2, 0) is 13.0 Å². The first kappa shape index (κ1) is 21.5. The van der Waals surface area contributed by atoms with Crippen LogP contribution in [0, 0.1) is 0 Å². The molecule has 98 valence electrons. The third-order valence-electron chi connectivity index (χ3n) is 2.01. The fraction of sp³-hybridized carbons (Fsp3) is 0.667. The third-order valence-corrected chi connectivity index (χ3v) is 2.01. The number of nitrogens with two attached hydrogens (primary N) is 2. The lowest BCUT2D eigenvalue weighted by atomic mass is 10.3. The van der Waals surface area contributed by atoms with Crippen molar-refractivity contribution in [1.82, 2.24) is 9.55 Å². The van der Waals surface area contributed by atoms with Crippen molar-refractivity contribution in [1.29, 1.82) is 0 Å². The van der Waals surface area contributed by atoms with Gasteiger partial charge in [0.15, 0.2) is 0 Å². The SMILES string of the molecule is Br.Cl.Cl.NCCCc1nccn1CCCN. The van der Waals surface area contributed by atoms with Crippen molar-refractivity contribution in [3.63, 3.8) is 0 Å². The fourth-order valence-corrected chi connectivity index (χ4v) is 1.29. The van der Waals surface area contributed by atoms with Crippen molar-refractivity contribution >= 4 is 41.8 Å². The first-order valence-electron chi connectivity index (χ1n) is 4.78. The second-order valence-electron chi connectivity index (χ2n) is 3.07. The monoisotopic (exact) mass is 334 g/mol. The second-order valence-corrected chi connectivity index (χ2v) is 3.07. The van der Waals surface area contributed by atoms with Crippen LogP contribution >= 0.6 is 41.8 Å². The molecule has 0 amide bonds. The molecule has 4 nitrogen and oxygen atoms in total. The molecule has 1 aromatic rings. The van der Waals surface area contributed by atoms with Crippen LogP contribution in [0.15, 0.2) is 12.4 Å². The maximum absolute atomic E-state index is 5.44. The van der Waals surface area contributed by atoms with Crippen LogP contribution in [0.2, 0.25) is 0 Å². The Morgan fingerprint density at radius 1 is 1.12 bits per heavy atom. The quantitative estimate of drug-likeness (QED) is 0.828. The maximum Gasteiger partial charge on any atom is 0.108 e. The molecule has 0 aliphatic carbocycles. The molecule has 0 fully saturated rings. The van der Waals surface area contributed by atoms with Crippen molar-refractivity contribution in [2.24, 2.45) is 11.5 Å². The van der Waals surface area contributed by atoms with E-state index in [1.165, 1.54) is 0 Å². The highest BCUT2D eigenvalue weighted by molar-refractivity contribution is 8.93. The molecule has 4 N–H and O–H groups in total. The lowest BCUT2D eigenvalue weighted by Gasteiger charge is -2.05. The van der Waals surface area contributed by atoms with Gasteiger partial charge in [0.1, 0.15) is 5.82 Å². The molecule has 0 unspecified atom stereocenters. The van der Waals surface area contributed by atoms with Crippen LogP contribution in [0.4, 0.5) is 0 Å². The summed E-state index contributed by atoms with van der Waals surface area (Å²) in [4.78, 5) is 4.27. The number of aryl methyl sites for hydroxylation is 2. The Bertz CT molecular complexity index is 223. The zero-order valence-corrected chi connectivity index (χ0v) is 12.5. The molecule has 0 spiro atoms. The zero-order valence-electron chi connectivity index (χ0n) is 9.17. The van der Waals surface area contributed by atoms with Gasteiger partial charge in [0, 0.05) is 25.4 Å². The fourth-order valence-electron chi connectivity index (χ4n) is 1.29. The van der Waals surface area contributed by atoms with E-state index in [1.54, 1.807) is 0 Å². The lowest BCUT2D eigenvalue weighted by Crippen LogP contribution is -2.09. The van der Waals surface area contributed by atoms with Crippen LogP contribution in [0.5, 0.6) is 0 Å². The Hall–Kier alpha value is 0.190. The van der Waals surface area contributed by atoms with E-state index in [0.29, 0.717) is 0 Å². The smallest absolute Gasteiger partial charge is 0.108 e. The Morgan fingerprint density at radius 2 is 1.75 bits per heavy atom. The predicted molar refractivity (Wildman–Crippen MR) is 78.1 cm³/mol. The van der Waals surface area contributed by atoms with Gasteiger partial charge in [-0.25, -0.2) is 4.98 Å². The largest absolute Gasteiger partial charge is 0.335 e. The van der Waals surface area contributed by atoms with E-state index < -0.39 is 0 Å². The van der Waals surface area contributed by atoms with E-state index in [1.807, 2.05) is 12.4 Å². The van der Waals surface area contributed by atoms with E-state index in [-0.39, 0.29) is 41.8 Å². The molecular weight excluding hydrogens is 315 g/mol. The van der Waals surface area contributed by atoms with Crippen LogP contribution in [0.1, 0.15) is 18.7 Å². The molecule has 0 bridgehead atoms. The van der Waals surface area contributed by atoms with Crippen LogP contribution in [0.25, 0.3) is 0 Å². The van der Waals surface area contributed by atoms with Gasteiger partial charge in [-0.3, -0.25) is 0 Å². The second kappa shape index (κ2) is 13.3. The summed E-state index contributed by atoms with van der Waals surface area (Å²) < 4.78 is 2.16. The number of rotatable bonds is 6. The highest BCUT2D eigenvalue weighted by atomic mass is 79.9. The van der Waals surface area contributed by atoms with E-state index in [4.69, 9.17) is 11.5 Å². The summed E-state index contributed by atoms with van der Waals surface area (Å²) in [6.45, 7) is 2.43. The summed E-state index contributed by atoms with van der Waals surface area (Å²) in [6, 6.07) is 0. The Kier molecular flexibility index (Phi) is 17.8. The Labute approximate surface area is 120 Å². The molecule has 0 aliphatic rings. The van der Waals surface area contributed by atoms with Gasteiger partial charge < -0.3 is 16.0 Å². The third kappa shape index (κ3) is 7.46. The molecule has 0 aliphatic heterocycles. The van der Waals surface area contributed by atoms with Crippen molar-refractivity contribution in [2.75, 3.05) is 13.1 Å². The van der Waals surface area contributed by atoms with Gasteiger partial charge in [-0.1, -0.05) is 0 Å². The highest BCUT2D eigenvalue weighted by Crippen LogP contribution is 2.01. The van der Waals surface area contributed by atoms with E-state index in [0.717, 1.165) is 44.7 Å². The van der Waals surface area contributed by atoms with E-state index >= 15 is 0 Å². The van der Waals surface area contributed by atoms with Crippen molar-refractivity contribution in [3.8, 4) is 0 Å². The molecular formula is C9H21BrCl2N4. The number of halogens is 3. The summed E-state index contributed by atoms with van der Waals surface area (Å²) in [7, 11) is 0. The molecule has 0 atom stereocenters. The molecule has 16 heavy (non-hydrogen) atoms. The zero-order chi connectivity index (χ0) is 9.52. The van der Waals surface area contributed by atoms with Crippen molar-refractivity contribution in [3.05, 3.63) is 18.2 Å².